The second-order valence-electron chi connectivity index (χ2n) is 5.67. The summed E-state index contributed by atoms with van der Waals surface area (Å²) >= 11 is 0. The smallest absolute Gasteiger partial charge is 0.267 e. The van der Waals surface area contributed by atoms with Gasteiger partial charge in [0.05, 0.1) is 11.7 Å². The molecule has 5 heteroatoms. The number of carbonyl (C=O) groups excluding carboxylic acids is 1. The van der Waals surface area contributed by atoms with Gasteiger partial charge >= 0.3 is 0 Å². The van der Waals surface area contributed by atoms with E-state index in [1.165, 1.54) is 0 Å². The summed E-state index contributed by atoms with van der Waals surface area (Å²) in [5, 5.41) is 11.8. The van der Waals surface area contributed by atoms with Crippen LogP contribution in [0.3, 0.4) is 0 Å². The van der Waals surface area contributed by atoms with Crippen molar-refractivity contribution in [1.82, 2.24) is 9.88 Å². The summed E-state index contributed by atoms with van der Waals surface area (Å²) in [6.07, 6.45) is 2.86. The van der Waals surface area contributed by atoms with Crippen LogP contribution in [-0.4, -0.2) is 29.7 Å². The Hall–Kier alpha value is -1.80. The number of aromatic nitrogens is 1. The van der Waals surface area contributed by atoms with Gasteiger partial charge in [0, 0.05) is 32.3 Å². The lowest BCUT2D eigenvalue weighted by atomic mass is 9.93. The van der Waals surface area contributed by atoms with E-state index in [-0.39, 0.29) is 12.0 Å². The van der Waals surface area contributed by atoms with Crippen molar-refractivity contribution in [3.63, 3.8) is 0 Å². The minimum atomic E-state index is -0.136. The molecule has 1 aromatic rings. The van der Waals surface area contributed by atoms with Crippen LogP contribution in [0.4, 0.5) is 0 Å². The van der Waals surface area contributed by atoms with Gasteiger partial charge < -0.3 is 14.6 Å². The molecule has 0 radical (unpaired) electrons. The number of aryl methyl sites for hydroxylation is 1. The molecule has 0 bridgehead atoms. The molecule has 1 aromatic heterocycles. The first-order valence-electron chi connectivity index (χ1n) is 6.99. The average Bonchev–Trinajstić information content (AvgIpc) is 3.02. The highest BCUT2D eigenvalue weighted by Gasteiger charge is 2.30. The predicted octanol–water partition coefficient (Wildman–Crippen LogP) is 1.69. The Kier molecular flexibility index (Phi) is 4.46. The van der Waals surface area contributed by atoms with Crippen molar-refractivity contribution in [3.05, 3.63) is 23.5 Å². The maximum atomic E-state index is 12.1. The number of nitrogens with one attached hydrogen (secondary N) is 1. The van der Waals surface area contributed by atoms with Crippen molar-refractivity contribution >= 4 is 5.91 Å². The number of ether oxygens (including phenoxy) is 1. The van der Waals surface area contributed by atoms with Crippen molar-refractivity contribution < 1.29 is 9.53 Å². The molecular formula is C15H21N3O2. The van der Waals surface area contributed by atoms with Gasteiger partial charge in [-0.05, 0) is 18.4 Å². The summed E-state index contributed by atoms with van der Waals surface area (Å²) < 4.78 is 7.39. The van der Waals surface area contributed by atoms with Crippen molar-refractivity contribution in [2.75, 3.05) is 13.2 Å². The van der Waals surface area contributed by atoms with Gasteiger partial charge in [-0.1, -0.05) is 13.8 Å². The molecule has 2 heterocycles. The maximum absolute atomic E-state index is 12.1. The summed E-state index contributed by atoms with van der Waals surface area (Å²) in [6.45, 7) is 5.67. The number of nitriles is 1. The van der Waals surface area contributed by atoms with E-state index in [1.807, 2.05) is 6.07 Å². The average molecular weight is 275 g/mol. The number of amides is 1. The molecule has 1 saturated heterocycles. The third-order valence-electron chi connectivity index (χ3n) is 3.81. The summed E-state index contributed by atoms with van der Waals surface area (Å²) in [5.41, 5.74) is 1.02. The molecule has 0 unspecified atom stereocenters. The molecule has 1 N–H and O–H groups in total. The van der Waals surface area contributed by atoms with E-state index in [0.717, 1.165) is 13.0 Å². The monoisotopic (exact) mass is 275 g/mol. The number of carbonyl (C=O) groups is 1. The molecule has 0 saturated carbocycles. The first kappa shape index (κ1) is 14.6. The molecule has 1 fully saturated rings. The van der Waals surface area contributed by atoms with Crippen molar-refractivity contribution in [2.24, 2.45) is 18.9 Å². The van der Waals surface area contributed by atoms with Crippen molar-refractivity contribution in [1.29, 1.82) is 5.26 Å². The largest absolute Gasteiger partial charge is 0.378 e. The van der Waals surface area contributed by atoms with Gasteiger partial charge in [0.25, 0.3) is 5.91 Å². The Morgan fingerprint density at radius 3 is 3.00 bits per heavy atom. The second kappa shape index (κ2) is 6.10. The Labute approximate surface area is 119 Å². The van der Waals surface area contributed by atoms with Gasteiger partial charge in [0.1, 0.15) is 11.8 Å². The van der Waals surface area contributed by atoms with Crippen LogP contribution in [0.5, 0.6) is 0 Å². The van der Waals surface area contributed by atoms with E-state index in [4.69, 9.17) is 10.00 Å². The molecule has 1 aliphatic heterocycles. The fourth-order valence-corrected chi connectivity index (χ4v) is 2.78. The number of nitrogens with zero attached hydrogens (tertiary/aromatic N) is 2. The molecule has 0 aromatic carbocycles. The molecular weight excluding hydrogens is 254 g/mol. The van der Waals surface area contributed by atoms with Gasteiger partial charge in [-0.2, -0.15) is 5.26 Å². The molecule has 108 valence electrons. The summed E-state index contributed by atoms with van der Waals surface area (Å²) in [4.78, 5) is 12.1. The number of hydrogen-bond donors (Lipinski definition) is 1. The normalized spacial score (nSPS) is 21.9. The van der Waals surface area contributed by atoms with E-state index >= 15 is 0 Å². The standard InChI is InChI=1S/C15H21N3O2/c1-10(2)14-12(4-5-20-14)8-17-15(19)13-6-11(7-16)9-18(13)3/h6,9-10,12,14H,4-5,8H2,1-3H3,(H,17,19)/t12-,14-/m1/s1. The van der Waals surface area contributed by atoms with Gasteiger partial charge in [0.2, 0.25) is 0 Å². The minimum absolute atomic E-state index is 0.136. The SMILES string of the molecule is CC(C)[C@H]1OCC[C@@H]1CNC(=O)c1cc(C#N)cn1C. The van der Waals surface area contributed by atoms with Crippen LogP contribution in [0.2, 0.25) is 0 Å². The highest BCUT2D eigenvalue weighted by molar-refractivity contribution is 5.93. The zero-order chi connectivity index (χ0) is 14.7. The highest BCUT2D eigenvalue weighted by atomic mass is 16.5. The van der Waals surface area contributed by atoms with Crippen LogP contribution in [-0.2, 0) is 11.8 Å². The van der Waals surface area contributed by atoms with Gasteiger partial charge in [-0.3, -0.25) is 4.79 Å². The lowest BCUT2D eigenvalue weighted by molar-refractivity contribution is 0.0533. The number of rotatable bonds is 4. The van der Waals surface area contributed by atoms with E-state index in [2.05, 4.69) is 19.2 Å². The van der Waals surface area contributed by atoms with Gasteiger partial charge in [-0.25, -0.2) is 0 Å². The topological polar surface area (TPSA) is 67.0 Å². The third kappa shape index (κ3) is 3.02. The molecule has 2 atom stereocenters. The van der Waals surface area contributed by atoms with Gasteiger partial charge in [-0.15, -0.1) is 0 Å². The third-order valence-corrected chi connectivity index (χ3v) is 3.81. The highest BCUT2D eigenvalue weighted by Crippen LogP contribution is 2.26. The summed E-state index contributed by atoms with van der Waals surface area (Å²) in [6, 6.07) is 3.65. The van der Waals surface area contributed by atoms with Crippen LogP contribution >= 0.6 is 0 Å². The summed E-state index contributed by atoms with van der Waals surface area (Å²) in [5.74, 6) is 0.692. The van der Waals surface area contributed by atoms with Crippen molar-refractivity contribution in [2.45, 2.75) is 26.4 Å². The molecule has 1 aliphatic rings. The second-order valence-corrected chi connectivity index (χ2v) is 5.67. The Bertz CT molecular complexity index is 528. The zero-order valence-corrected chi connectivity index (χ0v) is 12.2. The molecule has 20 heavy (non-hydrogen) atoms. The first-order chi connectivity index (χ1) is 9.52. The van der Waals surface area contributed by atoms with Crippen LogP contribution in [0, 0.1) is 23.2 Å². The van der Waals surface area contributed by atoms with Crippen LogP contribution in [0.1, 0.15) is 36.3 Å². The Morgan fingerprint density at radius 1 is 1.65 bits per heavy atom. The fraction of sp³-hybridized carbons (Fsp3) is 0.600. The fourth-order valence-electron chi connectivity index (χ4n) is 2.78. The minimum Gasteiger partial charge on any atom is -0.378 e. The van der Waals surface area contributed by atoms with Gasteiger partial charge in [0.15, 0.2) is 0 Å². The Balaban J connectivity index is 1.95. The quantitative estimate of drug-likeness (QED) is 0.909. The molecule has 0 aliphatic carbocycles. The zero-order valence-electron chi connectivity index (χ0n) is 12.2. The van der Waals surface area contributed by atoms with Crippen molar-refractivity contribution in [3.8, 4) is 6.07 Å². The first-order valence-corrected chi connectivity index (χ1v) is 6.99. The number of hydrogen-bond acceptors (Lipinski definition) is 3. The van der Waals surface area contributed by atoms with E-state index in [9.17, 15) is 4.79 Å². The molecule has 2 rings (SSSR count). The summed E-state index contributed by atoms with van der Waals surface area (Å²) in [7, 11) is 1.77. The Morgan fingerprint density at radius 2 is 2.40 bits per heavy atom. The van der Waals surface area contributed by atoms with Crippen LogP contribution in [0.25, 0.3) is 0 Å². The van der Waals surface area contributed by atoms with Crippen LogP contribution < -0.4 is 5.32 Å². The van der Waals surface area contributed by atoms with E-state index in [0.29, 0.717) is 29.6 Å². The molecule has 0 spiro atoms. The molecule has 1 amide bonds. The lowest BCUT2D eigenvalue weighted by Gasteiger charge is -2.22. The van der Waals surface area contributed by atoms with Crippen LogP contribution in [0.15, 0.2) is 12.3 Å². The van der Waals surface area contributed by atoms with E-state index < -0.39 is 0 Å². The van der Waals surface area contributed by atoms with E-state index in [1.54, 1.807) is 23.9 Å². The molecule has 5 nitrogen and oxygen atoms in total. The lowest BCUT2D eigenvalue weighted by Crippen LogP contribution is -2.35. The predicted molar refractivity (Wildman–Crippen MR) is 75.1 cm³/mol. The maximum Gasteiger partial charge on any atom is 0.267 e.